The summed E-state index contributed by atoms with van der Waals surface area (Å²) in [5.41, 5.74) is 7.25. The minimum atomic E-state index is -2.35. The molecule has 2 aromatic carbocycles. The van der Waals surface area contributed by atoms with Crippen molar-refractivity contribution in [1.29, 1.82) is 0 Å². The average molecular weight is 430 g/mol. The van der Waals surface area contributed by atoms with Crippen LogP contribution in [0.3, 0.4) is 0 Å². The fourth-order valence-electron chi connectivity index (χ4n) is 4.51. The standard InChI is InChI=1S/C26H38O3P/c1-15(2)23-19(9)11-13-21(25(23)17(5)6)28-30(27)29-22-14-12-20(10)24(16(3)4)26(22)18(7)8/h11-18H,1-10H3/q+1. The van der Waals surface area contributed by atoms with Gasteiger partial charge in [0.2, 0.25) is 0 Å². The molecule has 0 radical (unpaired) electrons. The van der Waals surface area contributed by atoms with Crippen LogP contribution >= 0.6 is 8.25 Å². The zero-order valence-corrected chi connectivity index (χ0v) is 21.2. The summed E-state index contributed by atoms with van der Waals surface area (Å²) in [5, 5.41) is 0. The third kappa shape index (κ3) is 5.24. The highest BCUT2D eigenvalue weighted by molar-refractivity contribution is 7.34. The quantitative estimate of drug-likeness (QED) is 0.393. The van der Waals surface area contributed by atoms with Crippen LogP contribution in [-0.2, 0) is 4.57 Å². The SMILES string of the molecule is Cc1ccc(O[P+](=O)Oc2ccc(C)c(C(C)C)c2C(C)C)c(C(C)C)c1C(C)C. The van der Waals surface area contributed by atoms with E-state index in [2.05, 4.69) is 69.2 Å². The first-order chi connectivity index (χ1) is 14.0. The van der Waals surface area contributed by atoms with E-state index in [0.29, 0.717) is 23.3 Å². The third-order valence-electron chi connectivity index (χ3n) is 5.59. The topological polar surface area (TPSA) is 35.5 Å². The molecule has 0 saturated carbocycles. The minimum absolute atomic E-state index is 0.263. The molecular weight excluding hydrogens is 391 g/mol. The zero-order chi connectivity index (χ0) is 22.7. The third-order valence-corrected chi connectivity index (χ3v) is 6.28. The minimum Gasteiger partial charge on any atom is -0.222 e. The Bertz CT molecular complexity index is 837. The molecule has 0 aromatic heterocycles. The normalized spacial score (nSPS) is 11.7. The van der Waals surface area contributed by atoms with Gasteiger partial charge in [-0.2, -0.15) is 0 Å². The Morgan fingerprint density at radius 1 is 0.567 bits per heavy atom. The number of rotatable bonds is 8. The smallest absolute Gasteiger partial charge is 0.222 e. The number of hydrogen-bond acceptors (Lipinski definition) is 3. The Balaban J connectivity index is 2.42. The lowest BCUT2D eigenvalue weighted by atomic mass is 9.87. The van der Waals surface area contributed by atoms with Gasteiger partial charge >= 0.3 is 8.25 Å². The van der Waals surface area contributed by atoms with Gasteiger partial charge in [0.1, 0.15) is 0 Å². The van der Waals surface area contributed by atoms with Crippen LogP contribution in [0, 0.1) is 13.8 Å². The molecule has 2 rings (SSSR count). The first-order valence-corrected chi connectivity index (χ1v) is 12.1. The fraction of sp³-hybridized carbons (Fsp3) is 0.538. The van der Waals surface area contributed by atoms with Gasteiger partial charge in [0.15, 0.2) is 11.5 Å². The lowest BCUT2D eigenvalue weighted by Gasteiger charge is -2.20. The fourth-order valence-corrected chi connectivity index (χ4v) is 5.19. The largest absolute Gasteiger partial charge is 0.805 e. The van der Waals surface area contributed by atoms with Crippen molar-refractivity contribution in [3.8, 4) is 11.5 Å². The average Bonchev–Trinajstić information content (AvgIpc) is 2.62. The lowest BCUT2D eigenvalue weighted by Crippen LogP contribution is -2.06. The van der Waals surface area contributed by atoms with E-state index in [4.69, 9.17) is 9.05 Å². The Morgan fingerprint density at radius 2 is 0.867 bits per heavy atom. The molecule has 0 N–H and O–H groups in total. The highest BCUT2D eigenvalue weighted by Gasteiger charge is 2.31. The molecule has 30 heavy (non-hydrogen) atoms. The van der Waals surface area contributed by atoms with E-state index in [0.717, 1.165) is 11.1 Å². The van der Waals surface area contributed by atoms with Gasteiger partial charge in [0.25, 0.3) is 0 Å². The molecule has 2 aromatic rings. The summed E-state index contributed by atoms with van der Waals surface area (Å²) in [6, 6.07) is 7.93. The maximum atomic E-state index is 13.0. The maximum absolute atomic E-state index is 13.0. The van der Waals surface area contributed by atoms with Gasteiger partial charge in [-0.1, -0.05) is 67.5 Å². The van der Waals surface area contributed by atoms with Crippen molar-refractivity contribution in [3.05, 3.63) is 57.6 Å². The van der Waals surface area contributed by atoms with Crippen LogP contribution in [0.5, 0.6) is 11.5 Å². The summed E-state index contributed by atoms with van der Waals surface area (Å²) < 4.78 is 24.8. The van der Waals surface area contributed by atoms with Crippen molar-refractivity contribution in [2.24, 2.45) is 0 Å². The molecule has 0 atom stereocenters. The van der Waals surface area contributed by atoms with Crippen LogP contribution in [0.2, 0.25) is 0 Å². The van der Waals surface area contributed by atoms with E-state index < -0.39 is 8.25 Å². The Hall–Kier alpha value is -1.86. The predicted molar refractivity (Wildman–Crippen MR) is 128 cm³/mol. The van der Waals surface area contributed by atoms with Crippen molar-refractivity contribution in [1.82, 2.24) is 0 Å². The molecule has 0 heterocycles. The van der Waals surface area contributed by atoms with Crippen molar-refractivity contribution in [2.75, 3.05) is 0 Å². The zero-order valence-electron chi connectivity index (χ0n) is 20.3. The van der Waals surface area contributed by atoms with E-state index >= 15 is 0 Å². The van der Waals surface area contributed by atoms with Gasteiger partial charge in [-0.3, -0.25) is 0 Å². The Kier molecular flexibility index (Phi) is 8.11. The van der Waals surface area contributed by atoms with Crippen LogP contribution in [0.25, 0.3) is 0 Å². The summed E-state index contributed by atoms with van der Waals surface area (Å²) >= 11 is 0. The van der Waals surface area contributed by atoms with Crippen LogP contribution < -0.4 is 9.05 Å². The van der Waals surface area contributed by atoms with Gasteiger partial charge in [0, 0.05) is 15.7 Å². The Labute approximate surface area is 184 Å². The molecule has 164 valence electrons. The number of benzene rings is 2. The molecule has 0 bridgehead atoms. The summed E-state index contributed by atoms with van der Waals surface area (Å²) in [5.74, 6) is 2.56. The summed E-state index contributed by atoms with van der Waals surface area (Å²) in [7, 11) is -2.35. The van der Waals surface area contributed by atoms with Crippen molar-refractivity contribution in [2.45, 2.75) is 92.9 Å². The highest BCUT2D eigenvalue weighted by Crippen LogP contribution is 2.43. The second kappa shape index (κ2) is 9.96. The van der Waals surface area contributed by atoms with Gasteiger partial charge in [-0.05, 0) is 71.9 Å². The van der Waals surface area contributed by atoms with E-state index in [1.165, 1.54) is 22.3 Å². The van der Waals surface area contributed by atoms with Gasteiger partial charge in [0.05, 0.1) is 0 Å². The predicted octanol–water partition coefficient (Wildman–Crippen LogP) is 8.91. The molecule has 0 unspecified atom stereocenters. The van der Waals surface area contributed by atoms with Gasteiger partial charge in [-0.15, -0.1) is 0 Å². The molecule has 0 spiro atoms. The summed E-state index contributed by atoms with van der Waals surface area (Å²) in [6.07, 6.45) is 0. The highest BCUT2D eigenvalue weighted by atomic mass is 31.1. The second-order valence-corrected chi connectivity index (χ2v) is 10.3. The van der Waals surface area contributed by atoms with E-state index in [1.54, 1.807) is 0 Å². The molecular formula is C26H38O3P+. The van der Waals surface area contributed by atoms with Crippen molar-refractivity contribution >= 4 is 8.25 Å². The summed E-state index contributed by atoms with van der Waals surface area (Å²) in [4.78, 5) is 0. The molecule has 4 heteroatoms. The number of aryl methyl sites for hydroxylation is 2. The lowest BCUT2D eigenvalue weighted by molar-refractivity contribution is 0.409. The van der Waals surface area contributed by atoms with Crippen LogP contribution in [-0.4, -0.2) is 0 Å². The maximum Gasteiger partial charge on any atom is 0.805 e. The Morgan fingerprint density at radius 3 is 1.13 bits per heavy atom. The van der Waals surface area contributed by atoms with Crippen LogP contribution in [0.1, 0.15) is 112 Å². The molecule has 3 nitrogen and oxygen atoms in total. The summed E-state index contributed by atoms with van der Waals surface area (Å²) in [6.45, 7) is 21.6. The van der Waals surface area contributed by atoms with E-state index in [1.807, 2.05) is 24.3 Å². The molecule has 0 aliphatic heterocycles. The monoisotopic (exact) mass is 429 g/mol. The second-order valence-electron chi connectivity index (χ2n) is 9.44. The van der Waals surface area contributed by atoms with Gasteiger partial charge < -0.3 is 0 Å². The van der Waals surface area contributed by atoms with Gasteiger partial charge in [-0.25, -0.2) is 9.05 Å². The van der Waals surface area contributed by atoms with Crippen LogP contribution in [0.4, 0.5) is 0 Å². The van der Waals surface area contributed by atoms with Crippen molar-refractivity contribution in [3.63, 3.8) is 0 Å². The van der Waals surface area contributed by atoms with E-state index in [-0.39, 0.29) is 11.8 Å². The van der Waals surface area contributed by atoms with E-state index in [9.17, 15) is 4.57 Å². The first-order valence-electron chi connectivity index (χ1n) is 11.1. The van der Waals surface area contributed by atoms with Crippen LogP contribution in [0.15, 0.2) is 24.3 Å². The molecule has 0 fully saturated rings. The molecule has 0 amide bonds. The molecule has 0 saturated heterocycles. The molecule has 0 aliphatic rings. The molecule has 0 aliphatic carbocycles. The first kappa shape index (κ1) is 24.4. The number of hydrogen-bond donors (Lipinski definition) is 0. The van der Waals surface area contributed by atoms with Crippen molar-refractivity contribution < 1.29 is 13.6 Å².